The number of nitrogens with one attached hydrogen (secondary N) is 3. The molecular formula is C29H44N4O7S. The summed E-state index contributed by atoms with van der Waals surface area (Å²) in [5.74, 6) is -2.57. The SMILES string of the molecule is C=CCC(NC(=O)[C@H](CC(C)C)NC(=O)[C@@H]1CCCN1C(=O)[C@@H](NS(=O)(=O)c1ccc(C)cc1)C(C)C)C(=O)OC. The van der Waals surface area contributed by atoms with Crippen LogP contribution in [0.15, 0.2) is 41.8 Å². The highest BCUT2D eigenvalue weighted by Gasteiger charge is 2.40. The molecule has 1 aromatic rings. The van der Waals surface area contributed by atoms with Crippen LogP contribution in [0.4, 0.5) is 0 Å². The zero-order chi connectivity index (χ0) is 30.9. The molecule has 0 spiro atoms. The normalized spacial score (nSPS) is 17.6. The van der Waals surface area contributed by atoms with Crippen LogP contribution in [0.2, 0.25) is 0 Å². The predicted octanol–water partition coefficient (Wildman–Crippen LogP) is 2.05. The molecule has 1 fully saturated rings. The number of carbonyl (C=O) groups is 4. The van der Waals surface area contributed by atoms with Crippen molar-refractivity contribution < 1.29 is 32.3 Å². The first-order chi connectivity index (χ1) is 19.2. The number of esters is 1. The number of aryl methyl sites for hydroxylation is 1. The van der Waals surface area contributed by atoms with Gasteiger partial charge in [-0.15, -0.1) is 6.58 Å². The van der Waals surface area contributed by atoms with Crippen LogP contribution in [0.25, 0.3) is 0 Å². The third-order valence-corrected chi connectivity index (χ3v) is 8.39. The Labute approximate surface area is 243 Å². The van der Waals surface area contributed by atoms with E-state index in [1.54, 1.807) is 26.0 Å². The summed E-state index contributed by atoms with van der Waals surface area (Å²) in [6.45, 7) is 13.0. The van der Waals surface area contributed by atoms with E-state index in [0.29, 0.717) is 19.3 Å². The first-order valence-corrected chi connectivity index (χ1v) is 15.4. The van der Waals surface area contributed by atoms with Crippen molar-refractivity contribution in [1.29, 1.82) is 0 Å². The summed E-state index contributed by atoms with van der Waals surface area (Å²) in [5, 5.41) is 5.39. The van der Waals surface area contributed by atoms with Crippen LogP contribution in [0.3, 0.4) is 0 Å². The molecule has 1 aliphatic rings. The van der Waals surface area contributed by atoms with E-state index in [-0.39, 0.29) is 23.8 Å². The quantitative estimate of drug-likeness (QED) is 0.221. The summed E-state index contributed by atoms with van der Waals surface area (Å²) in [6, 6.07) is 2.43. The summed E-state index contributed by atoms with van der Waals surface area (Å²) in [7, 11) is -2.78. The first-order valence-electron chi connectivity index (χ1n) is 13.9. The average Bonchev–Trinajstić information content (AvgIpc) is 3.40. The molecule has 11 nitrogen and oxygen atoms in total. The Hall–Kier alpha value is -3.25. The van der Waals surface area contributed by atoms with Gasteiger partial charge in [0.2, 0.25) is 27.7 Å². The summed E-state index contributed by atoms with van der Waals surface area (Å²) in [5.41, 5.74) is 0.900. The smallest absolute Gasteiger partial charge is 0.328 e. The van der Waals surface area contributed by atoms with E-state index < -0.39 is 63.8 Å². The lowest BCUT2D eigenvalue weighted by molar-refractivity contribution is -0.145. The highest BCUT2D eigenvalue weighted by atomic mass is 32.2. The van der Waals surface area contributed by atoms with Crippen molar-refractivity contribution in [3.05, 3.63) is 42.5 Å². The lowest BCUT2D eigenvalue weighted by atomic mass is 10.0. The monoisotopic (exact) mass is 592 g/mol. The van der Waals surface area contributed by atoms with Crippen LogP contribution in [-0.2, 0) is 33.9 Å². The highest BCUT2D eigenvalue weighted by molar-refractivity contribution is 7.89. The molecular weight excluding hydrogens is 548 g/mol. The van der Waals surface area contributed by atoms with Crippen LogP contribution < -0.4 is 15.4 Å². The second-order valence-electron chi connectivity index (χ2n) is 11.1. The van der Waals surface area contributed by atoms with Crippen LogP contribution in [0.5, 0.6) is 0 Å². The van der Waals surface area contributed by atoms with Crippen molar-refractivity contribution in [2.45, 2.75) is 89.4 Å². The van der Waals surface area contributed by atoms with Crippen LogP contribution in [0.1, 0.15) is 58.9 Å². The molecule has 1 heterocycles. The fourth-order valence-electron chi connectivity index (χ4n) is 4.67. The van der Waals surface area contributed by atoms with Gasteiger partial charge in [-0.2, -0.15) is 4.72 Å². The van der Waals surface area contributed by atoms with Crippen molar-refractivity contribution in [3.63, 3.8) is 0 Å². The van der Waals surface area contributed by atoms with Crippen molar-refractivity contribution in [3.8, 4) is 0 Å². The molecule has 1 unspecified atom stereocenters. The molecule has 0 bridgehead atoms. The molecule has 3 N–H and O–H groups in total. The van der Waals surface area contributed by atoms with Gasteiger partial charge in [0.1, 0.15) is 24.2 Å². The zero-order valence-electron chi connectivity index (χ0n) is 24.8. The number of likely N-dealkylation sites (tertiary alicyclic amines) is 1. The minimum absolute atomic E-state index is 0.0323. The third kappa shape index (κ3) is 9.39. The summed E-state index contributed by atoms with van der Waals surface area (Å²) in [4.78, 5) is 53.8. The van der Waals surface area contributed by atoms with E-state index >= 15 is 0 Å². The van der Waals surface area contributed by atoms with Gasteiger partial charge in [0.15, 0.2) is 0 Å². The number of methoxy groups -OCH3 is 1. The Morgan fingerprint density at radius 1 is 1.07 bits per heavy atom. The topological polar surface area (TPSA) is 151 Å². The molecule has 228 valence electrons. The molecule has 0 saturated carbocycles. The van der Waals surface area contributed by atoms with Crippen LogP contribution in [-0.4, -0.2) is 74.8 Å². The number of amides is 3. The summed E-state index contributed by atoms with van der Waals surface area (Å²) in [6.07, 6.45) is 2.85. The largest absolute Gasteiger partial charge is 0.467 e. The average molecular weight is 593 g/mol. The number of hydrogen-bond acceptors (Lipinski definition) is 7. The van der Waals surface area contributed by atoms with E-state index in [4.69, 9.17) is 4.74 Å². The second-order valence-corrected chi connectivity index (χ2v) is 12.9. The molecule has 41 heavy (non-hydrogen) atoms. The second kappa shape index (κ2) is 15.1. The van der Waals surface area contributed by atoms with Gasteiger partial charge in [0.25, 0.3) is 0 Å². The van der Waals surface area contributed by atoms with E-state index in [2.05, 4.69) is 21.9 Å². The van der Waals surface area contributed by atoms with Gasteiger partial charge in [0, 0.05) is 6.54 Å². The fraction of sp³-hybridized carbons (Fsp3) is 0.586. The van der Waals surface area contributed by atoms with Crippen molar-refractivity contribution in [1.82, 2.24) is 20.3 Å². The molecule has 0 radical (unpaired) electrons. The maximum Gasteiger partial charge on any atom is 0.328 e. The zero-order valence-corrected chi connectivity index (χ0v) is 25.6. The minimum atomic E-state index is -4.00. The van der Waals surface area contributed by atoms with Gasteiger partial charge in [-0.1, -0.05) is 51.5 Å². The standard InChI is InChI=1S/C29H44N4O7S/c1-8-10-22(29(37)40-7)30-26(34)23(17-18(2)3)31-27(35)24-11-9-16-33(24)28(36)25(19(4)5)32-41(38,39)21-14-12-20(6)13-15-21/h8,12-15,18-19,22-25,32H,1,9-11,16-17H2,2-7H3,(H,30,34)(H,31,35)/t22?,23-,24-,25-/m0/s1. The van der Waals surface area contributed by atoms with Crippen molar-refractivity contribution >= 4 is 33.7 Å². The molecule has 2 rings (SSSR count). The Morgan fingerprint density at radius 2 is 1.71 bits per heavy atom. The number of sulfonamides is 1. The van der Waals surface area contributed by atoms with Gasteiger partial charge in [-0.25, -0.2) is 13.2 Å². The van der Waals surface area contributed by atoms with E-state index in [1.165, 1.54) is 30.2 Å². The Balaban J connectivity index is 2.22. The Morgan fingerprint density at radius 3 is 2.24 bits per heavy atom. The number of benzene rings is 1. The minimum Gasteiger partial charge on any atom is -0.467 e. The third-order valence-electron chi connectivity index (χ3n) is 6.93. The Bertz CT molecular complexity index is 1200. The summed E-state index contributed by atoms with van der Waals surface area (Å²) >= 11 is 0. The first kappa shape index (κ1) is 34.0. The van der Waals surface area contributed by atoms with Gasteiger partial charge < -0.3 is 20.3 Å². The van der Waals surface area contributed by atoms with Gasteiger partial charge in [0.05, 0.1) is 12.0 Å². The molecule has 1 aliphatic heterocycles. The molecule has 12 heteroatoms. The molecule has 3 amide bonds. The van der Waals surface area contributed by atoms with Crippen molar-refractivity contribution in [2.24, 2.45) is 11.8 Å². The van der Waals surface area contributed by atoms with E-state index in [0.717, 1.165) is 5.56 Å². The van der Waals surface area contributed by atoms with E-state index in [1.807, 2.05) is 20.8 Å². The lowest BCUT2D eigenvalue weighted by Crippen LogP contribution is -2.58. The van der Waals surface area contributed by atoms with Gasteiger partial charge >= 0.3 is 5.97 Å². The maximum atomic E-state index is 13.7. The number of carbonyl (C=O) groups excluding carboxylic acids is 4. The number of hydrogen-bond donors (Lipinski definition) is 3. The summed E-state index contributed by atoms with van der Waals surface area (Å²) < 4.78 is 33.4. The molecule has 0 aromatic heterocycles. The number of ether oxygens (including phenoxy) is 1. The van der Waals surface area contributed by atoms with Crippen LogP contribution in [0, 0.1) is 18.8 Å². The lowest BCUT2D eigenvalue weighted by Gasteiger charge is -2.31. The number of rotatable bonds is 14. The highest BCUT2D eigenvalue weighted by Crippen LogP contribution is 2.22. The van der Waals surface area contributed by atoms with Gasteiger partial charge in [-0.05, 0) is 56.6 Å². The molecule has 1 aromatic carbocycles. The Kier molecular flexibility index (Phi) is 12.5. The van der Waals surface area contributed by atoms with Crippen LogP contribution >= 0.6 is 0 Å². The van der Waals surface area contributed by atoms with Crippen molar-refractivity contribution in [2.75, 3.05) is 13.7 Å². The molecule has 4 atom stereocenters. The van der Waals surface area contributed by atoms with E-state index in [9.17, 15) is 27.6 Å². The van der Waals surface area contributed by atoms with Gasteiger partial charge in [-0.3, -0.25) is 14.4 Å². The predicted molar refractivity (Wildman–Crippen MR) is 155 cm³/mol. The molecule has 0 aliphatic carbocycles. The molecule has 1 saturated heterocycles. The maximum absolute atomic E-state index is 13.7. The fourth-order valence-corrected chi connectivity index (χ4v) is 6.01. The number of nitrogens with zero attached hydrogens (tertiary/aromatic N) is 1.